The Morgan fingerprint density at radius 1 is 1.67 bits per heavy atom. The fourth-order valence-electron chi connectivity index (χ4n) is 1.85. The zero-order valence-electron chi connectivity index (χ0n) is 12.6. The number of hydrogen-bond donors (Lipinski definition) is 1. The van der Waals surface area contributed by atoms with Gasteiger partial charge in [0, 0.05) is 0 Å². The van der Waals surface area contributed by atoms with E-state index in [9.17, 15) is 4.79 Å². The molecular formula is C16H20AsClN2O. The first-order valence-corrected chi connectivity index (χ1v) is 9.52. The molecule has 0 spiro atoms. The van der Waals surface area contributed by atoms with Crippen molar-refractivity contribution >= 4 is 37.7 Å². The van der Waals surface area contributed by atoms with Gasteiger partial charge in [0.25, 0.3) is 0 Å². The first-order chi connectivity index (χ1) is 9.81. The van der Waals surface area contributed by atoms with Crippen LogP contribution in [0.15, 0.2) is 12.3 Å². The number of carbonyl (C=O) groups is 1. The van der Waals surface area contributed by atoms with Crippen LogP contribution in [0.2, 0.25) is 9.23 Å². The Morgan fingerprint density at radius 3 is 2.86 bits per heavy atom. The van der Waals surface area contributed by atoms with Crippen molar-refractivity contribution in [2.45, 2.75) is 49.8 Å². The Hall–Kier alpha value is -0.972. The van der Waals surface area contributed by atoms with E-state index >= 15 is 0 Å². The summed E-state index contributed by atoms with van der Waals surface area (Å²) in [7, 11) is 0. The SMILES string of the molecule is C#CC(C)(CC)NC(=O)c1cc(Cl)cnc1[AsH]C1(C)CC1. The van der Waals surface area contributed by atoms with Crippen molar-refractivity contribution in [3.05, 3.63) is 22.8 Å². The van der Waals surface area contributed by atoms with Crippen LogP contribution < -0.4 is 9.80 Å². The second kappa shape index (κ2) is 6.03. The van der Waals surface area contributed by atoms with Gasteiger partial charge in [0.2, 0.25) is 0 Å². The maximum absolute atomic E-state index is 12.6. The number of carbonyl (C=O) groups excluding carboxylic acids is 1. The second-order valence-electron chi connectivity index (χ2n) is 6.02. The van der Waals surface area contributed by atoms with E-state index in [1.54, 1.807) is 12.3 Å². The normalized spacial score (nSPS) is 19.0. The summed E-state index contributed by atoms with van der Waals surface area (Å²) in [6.07, 6.45) is 10.3. The average molecular weight is 367 g/mol. The van der Waals surface area contributed by atoms with Gasteiger partial charge in [-0.15, -0.1) is 0 Å². The van der Waals surface area contributed by atoms with Crippen molar-refractivity contribution < 1.29 is 4.79 Å². The van der Waals surface area contributed by atoms with Crippen molar-refractivity contribution in [3.63, 3.8) is 0 Å². The van der Waals surface area contributed by atoms with Crippen LogP contribution in [-0.4, -0.2) is 32.2 Å². The van der Waals surface area contributed by atoms with Crippen molar-refractivity contribution in [2.24, 2.45) is 0 Å². The van der Waals surface area contributed by atoms with E-state index in [1.165, 1.54) is 12.8 Å². The molecule has 2 atom stereocenters. The first kappa shape index (κ1) is 16.4. The molecule has 21 heavy (non-hydrogen) atoms. The predicted molar refractivity (Wildman–Crippen MR) is 88.6 cm³/mol. The van der Waals surface area contributed by atoms with E-state index in [0.29, 0.717) is 21.2 Å². The van der Waals surface area contributed by atoms with Gasteiger partial charge in [-0.2, -0.15) is 0 Å². The summed E-state index contributed by atoms with van der Waals surface area (Å²) in [6, 6.07) is 1.71. The van der Waals surface area contributed by atoms with Gasteiger partial charge < -0.3 is 0 Å². The van der Waals surface area contributed by atoms with Crippen LogP contribution in [-0.2, 0) is 0 Å². The minimum atomic E-state index is -0.639. The molecule has 1 aliphatic rings. The fourth-order valence-corrected chi connectivity index (χ4v) is 4.94. The van der Waals surface area contributed by atoms with Crippen molar-refractivity contribution in [2.75, 3.05) is 0 Å². The van der Waals surface area contributed by atoms with Gasteiger partial charge in [0.05, 0.1) is 0 Å². The molecule has 1 N–H and O–H groups in total. The van der Waals surface area contributed by atoms with E-state index in [1.807, 2.05) is 13.8 Å². The summed E-state index contributed by atoms with van der Waals surface area (Å²) in [6.45, 7) is 6.07. The zero-order valence-corrected chi connectivity index (χ0v) is 15.4. The van der Waals surface area contributed by atoms with Crippen molar-refractivity contribution in [1.29, 1.82) is 0 Å². The number of amides is 1. The average Bonchev–Trinajstić information content (AvgIpc) is 3.18. The van der Waals surface area contributed by atoms with Gasteiger partial charge in [-0.3, -0.25) is 0 Å². The summed E-state index contributed by atoms with van der Waals surface area (Å²) in [4.78, 5) is 17.0. The topological polar surface area (TPSA) is 42.0 Å². The van der Waals surface area contributed by atoms with Crippen LogP contribution in [0.4, 0.5) is 0 Å². The van der Waals surface area contributed by atoms with Gasteiger partial charge in [-0.1, -0.05) is 0 Å². The van der Waals surface area contributed by atoms with Gasteiger partial charge in [-0.25, -0.2) is 0 Å². The number of aromatic nitrogens is 1. The van der Waals surface area contributed by atoms with Gasteiger partial charge in [0.1, 0.15) is 0 Å². The number of nitrogens with one attached hydrogen (secondary N) is 1. The molecule has 1 saturated carbocycles. The van der Waals surface area contributed by atoms with Crippen molar-refractivity contribution in [3.8, 4) is 12.3 Å². The molecule has 2 rings (SSSR count). The number of halogens is 1. The molecule has 3 nitrogen and oxygen atoms in total. The molecule has 2 unspecified atom stereocenters. The number of rotatable bonds is 5. The molecule has 1 amide bonds. The zero-order chi connectivity index (χ0) is 15.7. The number of nitrogens with zero attached hydrogens (tertiary/aromatic N) is 1. The molecule has 1 aromatic heterocycles. The Morgan fingerprint density at radius 2 is 2.33 bits per heavy atom. The van der Waals surface area contributed by atoms with E-state index in [-0.39, 0.29) is 5.91 Å². The molecule has 0 bridgehead atoms. The van der Waals surface area contributed by atoms with Crippen LogP contribution in [0.5, 0.6) is 0 Å². The van der Waals surface area contributed by atoms with E-state index in [4.69, 9.17) is 18.0 Å². The van der Waals surface area contributed by atoms with Crippen LogP contribution in [0.3, 0.4) is 0 Å². The molecule has 0 saturated heterocycles. The second-order valence-corrected chi connectivity index (χ2v) is 10.5. The molecule has 5 heteroatoms. The molecule has 1 fully saturated rings. The standard InChI is InChI=1S/C16H20AsClN2O/c1-5-16(4,6-2)20-14(21)12-9-11(18)10-19-13(12)17-15(3)7-8-15/h1,9-10,17H,6-8H2,2-4H3,(H,20,21). The monoisotopic (exact) mass is 366 g/mol. The summed E-state index contributed by atoms with van der Waals surface area (Å²) >= 11 is 5.56. The van der Waals surface area contributed by atoms with Gasteiger partial charge >= 0.3 is 138 Å². The molecule has 1 aromatic rings. The Balaban J connectivity index is 2.27. The number of pyridine rings is 1. The van der Waals surface area contributed by atoms with Crippen LogP contribution in [0.25, 0.3) is 0 Å². The Kier molecular flexibility index (Phi) is 4.71. The van der Waals surface area contributed by atoms with E-state index in [2.05, 4.69) is 23.1 Å². The van der Waals surface area contributed by atoms with Crippen LogP contribution in [0, 0.1) is 12.3 Å². The molecule has 1 heterocycles. The number of terminal acetylenes is 1. The van der Waals surface area contributed by atoms with Crippen LogP contribution in [0.1, 0.15) is 50.4 Å². The van der Waals surface area contributed by atoms with Crippen LogP contribution >= 0.6 is 11.6 Å². The molecule has 1 aliphatic carbocycles. The molecular weight excluding hydrogens is 347 g/mol. The third kappa shape index (κ3) is 4.02. The molecule has 112 valence electrons. The van der Waals surface area contributed by atoms with E-state index in [0.717, 1.165) is 4.48 Å². The summed E-state index contributed by atoms with van der Waals surface area (Å²) in [5.74, 6) is 2.48. The third-order valence-electron chi connectivity index (χ3n) is 3.93. The molecule has 0 aliphatic heterocycles. The summed E-state index contributed by atoms with van der Waals surface area (Å²) in [5.41, 5.74) is -0.0503. The fraction of sp³-hybridized carbons (Fsp3) is 0.500. The number of hydrogen-bond acceptors (Lipinski definition) is 2. The van der Waals surface area contributed by atoms with E-state index < -0.39 is 21.3 Å². The summed E-state index contributed by atoms with van der Waals surface area (Å²) in [5, 5.41) is 3.41. The quantitative estimate of drug-likeness (QED) is 0.642. The summed E-state index contributed by atoms with van der Waals surface area (Å²) < 4.78 is 1.32. The third-order valence-corrected chi connectivity index (χ3v) is 7.79. The molecule has 0 aromatic carbocycles. The Bertz CT molecular complexity index is 607. The predicted octanol–water partition coefficient (Wildman–Crippen LogP) is 2.30. The minimum absolute atomic E-state index is 0.171. The molecule has 0 radical (unpaired) electrons. The van der Waals surface area contributed by atoms with Gasteiger partial charge in [0.15, 0.2) is 0 Å². The maximum atomic E-state index is 12.6. The van der Waals surface area contributed by atoms with Crippen molar-refractivity contribution in [1.82, 2.24) is 10.3 Å². The Labute approximate surface area is 137 Å². The first-order valence-electron chi connectivity index (χ1n) is 7.05. The van der Waals surface area contributed by atoms with Gasteiger partial charge in [-0.05, 0) is 0 Å².